The third kappa shape index (κ3) is 3.66. The molecule has 2 heterocycles. The smallest absolute Gasteiger partial charge is 0.180 e. The summed E-state index contributed by atoms with van der Waals surface area (Å²) in [6.07, 6.45) is 5.33. The van der Waals surface area contributed by atoms with Crippen LogP contribution in [0.5, 0.6) is 0 Å². The molecule has 1 unspecified atom stereocenters. The van der Waals surface area contributed by atoms with E-state index in [1.54, 1.807) is 11.0 Å². The van der Waals surface area contributed by atoms with Crippen molar-refractivity contribution in [3.63, 3.8) is 0 Å². The Hall–Kier alpha value is -2.58. The highest BCUT2D eigenvalue weighted by atomic mass is 32.1. The van der Waals surface area contributed by atoms with Crippen LogP contribution < -0.4 is 5.73 Å². The van der Waals surface area contributed by atoms with Crippen molar-refractivity contribution in [3.05, 3.63) is 59.9 Å². The van der Waals surface area contributed by atoms with E-state index in [1.165, 1.54) is 16.9 Å². The molecule has 0 saturated heterocycles. The Labute approximate surface area is 144 Å². The van der Waals surface area contributed by atoms with E-state index in [0.717, 1.165) is 23.7 Å². The molecule has 2 aromatic heterocycles. The minimum Gasteiger partial charge on any atom is -0.375 e. The minimum atomic E-state index is 0.197. The lowest BCUT2D eigenvalue weighted by molar-refractivity contribution is 0.227. The average Bonchev–Trinajstić information content (AvgIpc) is 3.26. The molecule has 0 aliphatic carbocycles. The number of nitrogens with two attached hydrogens (primary N) is 1. The predicted octanol–water partition coefficient (Wildman–Crippen LogP) is 2.45. The second kappa shape index (κ2) is 7.33. The summed E-state index contributed by atoms with van der Waals surface area (Å²) in [6, 6.07) is 8.39. The molecule has 0 amide bonds. The largest absolute Gasteiger partial charge is 0.375 e. The number of nitrogens with zero attached hydrogens (tertiary/aromatic N) is 6. The first-order chi connectivity index (χ1) is 11.7. The molecule has 0 saturated carbocycles. The first-order valence-electron chi connectivity index (χ1n) is 7.56. The summed E-state index contributed by atoms with van der Waals surface area (Å²) >= 11 is 1.52. The summed E-state index contributed by atoms with van der Waals surface area (Å²) in [7, 11) is 0. The highest BCUT2D eigenvalue weighted by Gasteiger charge is 2.17. The second-order valence-corrected chi connectivity index (χ2v) is 6.56. The Morgan fingerprint density at radius 3 is 3.00 bits per heavy atom. The van der Waals surface area contributed by atoms with Crippen molar-refractivity contribution in [2.45, 2.75) is 19.5 Å². The van der Waals surface area contributed by atoms with E-state index in [-0.39, 0.29) is 6.04 Å². The number of aromatic nitrogens is 5. The summed E-state index contributed by atoms with van der Waals surface area (Å²) < 4.78 is 1.65. The Bertz CT molecular complexity index is 796. The molecule has 3 rings (SSSR count). The summed E-state index contributed by atoms with van der Waals surface area (Å²) in [5.41, 5.74) is 7.85. The van der Waals surface area contributed by atoms with Crippen molar-refractivity contribution in [2.75, 3.05) is 12.3 Å². The van der Waals surface area contributed by atoms with E-state index in [2.05, 4.69) is 51.0 Å². The second-order valence-electron chi connectivity index (χ2n) is 5.41. The van der Waals surface area contributed by atoms with Crippen LogP contribution in [0, 0.1) is 0 Å². The Kier molecular flexibility index (Phi) is 4.97. The molecule has 24 heavy (non-hydrogen) atoms. The molecule has 8 heteroatoms. The molecular weight excluding hydrogens is 322 g/mol. The van der Waals surface area contributed by atoms with Crippen molar-refractivity contribution in [2.24, 2.45) is 0 Å². The average molecular weight is 341 g/mol. The van der Waals surface area contributed by atoms with Gasteiger partial charge in [-0.1, -0.05) is 18.2 Å². The van der Waals surface area contributed by atoms with Gasteiger partial charge in [0.15, 0.2) is 5.13 Å². The molecule has 0 aliphatic rings. The molecule has 7 nitrogen and oxygen atoms in total. The maximum atomic E-state index is 5.74. The van der Waals surface area contributed by atoms with Gasteiger partial charge in [0.2, 0.25) is 0 Å². The van der Waals surface area contributed by atoms with Gasteiger partial charge in [0.05, 0.1) is 5.69 Å². The quantitative estimate of drug-likeness (QED) is 0.664. The third-order valence-corrected chi connectivity index (χ3v) is 4.62. The van der Waals surface area contributed by atoms with Crippen LogP contribution in [0.4, 0.5) is 5.13 Å². The Morgan fingerprint density at radius 2 is 2.33 bits per heavy atom. The van der Waals surface area contributed by atoms with Gasteiger partial charge >= 0.3 is 0 Å². The molecule has 3 aromatic rings. The van der Waals surface area contributed by atoms with E-state index >= 15 is 0 Å². The van der Waals surface area contributed by atoms with Crippen molar-refractivity contribution in [3.8, 4) is 5.69 Å². The molecule has 1 aromatic carbocycles. The molecule has 1 atom stereocenters. The van der Waals surface area contributed by atoms with Gasteiger partial charge < -0.3 is 5.73 Å². The van der Waals surface area contributed by atoms with Crippen molar-refractivity contribution in [1.82, 2.24) is 30.1 Å². The standard InChI is InChI=1S/C16H19N7S/c1-3-7-22(10-15-9-18-16(17)24-15)12(2)13-5-4-6-14(8-13)23-11-19-20-21-23/h3-6,8-9,11-12H,1,7,10H2,2H3,(H2,17,18). The minimum absolute atomic E-state index is 0.197. The molecule has 2 N–H and O–H groups in total. The highest BCUT2D eigenvalue weighted by molar-refractivity contribution is 7.15. The molecule has 0 aliphatic heterocycles. The maximum Gasteiger partial charge on any atom is 0.180 e. The van der Waals surface area contributed by atoms with Gasteiger partial charge in [-0.05, 0) is 35.0 Å². The van der Waals surface area contributed by atoms with Crippen LogP contribution in [0.2, 0.25) is 0 Å². The van der Waals surface area contributed by atoms with Gasteiger partial charge in [-0.2, -0.15) is 0 Å². The number of hydrogen-bond acceptors (Lipinski definition) is 7. The molecular formula is C16H19N7S. The lowest BCUT2D eigenvalue weighted by Gasteiger charge is -2.28. The molecule has 0 spiro atoms. The fourth-order valence-corrected chi connectivity index (χ4v) is 3.25. The van der Waals surface area contributed by atoms with Crippen LogP contribution in [-0.2, 0) is 6.54 Å². The van der Waals surface area contributed by atoms with Crippen molar-refractivity contribution < 1.29 is 0 Å². The lowest BCUT2D eigenvalue weighted by Crippen LogP contribution is -2.26. The normalized spacial score (nSPS) is 12.4. The SMILES string of the molecule is C=CCN(Cc1cnc(N)s1)C(C)c1cccc(-n2cnnn2)c1. The molecule has 0 radical (unpaired) electrons. The summed E-state index contributed by atoms with van der Waals surface area (Å²) in [6.45, 7) is 7.59. The first kappa shape index (κ1) is 16.3. The fourth-order valence-electron chi connectivity index (χ4n) is 2.54. The molecule has 124 valence electrons. The van der Waals surface area contributed by atoms with Crippen molar-refractivity contribution >= 4 is 16.5 Å². The Morgan fingerprint density at radius 1 is 1.46 bits per heavy atom. The zero-order valence-corrected chi connectivity index (χ0v) is 14.2. The van der Waals surface area contributed by atoms with Gasteiger partial charge in [0, 0.05) is 30.2 Å². The van der Waals surface area contributed by atoms with E-state index in [1.807, 2.05) is 24.4 Å². The maximum absolute atomic E-state index is 5.74. The van der Waals surface area contributed by atoms with Gasteiger partial charge in [-0.25, -0.2) is 9.67 Å². The molecule has 0 bridgehead atoms. The summed E-state index contributed by atoms with van der Waals surface area (Å²) in [4.78, 5) is 7.58. The van der Waals surface area contributed by atoms with Crippen LogP contribution in [0.1, 0.15) is 23.4 Å². The van der Waals surface area contributed by atoms with Gasteiger partial charge in [0.1, 0.15) is 6.33 Å². The number of hydrogen-bond donors (Lipinski definition) is 1. The van der Waals surface area contributed by atoms with Gasteiger partial charge in [-0.3, -0.25) is 4.90 Å². The van der Waals surface area contributed by atoms with Gasteiger partial charge in [0.25, 0.3) is 0 Å². The van der Waals surface area contributed by atoms with Crippen LogP contribution in [0.3, 0.4) is 0 Å². The van der Waals surface area contributed by atoms with Crippen LogP contribution >= 0.6 is 11.3 Å². The zero-order valence-electron chi connectivity index (χ0n) is 13.4. The summed E-state index contributed by atoms with van der Waals surface area (Å²) in [5.74, 6) is 0. The predicted molar refractivity (Wildman–Crippen MR) is 94.7 cm³/mol. The number of benzene rings is 1. The van der Waals surface area contributed by atoms with Gasteiger partial charge in [-0.15, -0.1) is 23.0 Å². The fraction of sp³-hybridized carbons (Fsp3) is 0.250. The van der Waals surface area contributed by atoms with Crippen LogP contribution in [-0.4, -0.2) is 36.6 Å². The number of anilines is 1. The zero-order chi connectivity index (χ0) is 16.9. The monoisotopic (exact) mass is 341 g/mol. The first-order valence-corrected chi connectivity index (χ1v) is 8.37. The number of tetrazole rings is 1. The number of nitrogen functional groups attached to an aromatic ring is 1. The van der Waals surface area contributed by atoms with Crippen LogP contribution in [0.15, 0.2) is 49.4 Å². The topological polar surface area (TPSA) is 85.8 Å². The summed E-state index contributed by atoms with van der Waals surface area (Å²) in [5, 5.41) is 11.9. The highest BCUT2D eigenvalue weighted by Crippen LogP contribution is 2.26. The van der Waals surface area contributed by atoms with E-state index in [0.29, 0.717) is 5.13 Å². The van der Waals surface area contributed by atoms with E-state index in [4.69, 9.17) is 5.73 Å². The van der Waals surface area contributed by atoms with Crippen LogP contribution in [0.25, 0.3) is 5.69 Å². The van der Waals surface area contributed by atoms with Crippen molar-refractivity contribution in [1.29, 1.82) is 0 Å². The Balaban J connectivity index is 1.83. The van der Waals surface area contributed by atoms with E-state index in [9.17, 15) is 0 Å². The van der Waals surface area contributed by atoms with E-state index < -0.39 is 0 Å². The lowest BCUT2D eigenvalue weighted by atomic mass is 10.1. The third-order valence-electron chi connectivity index (χ3n) is 3.81. The molecule has 0 fully saturated rings. The number of rotatable bonds is 7. The number of thiazole rings is 1.